The largest absolute Gasteiger partial charge is 0.390 e. The predicted molar refractivity (Wildman–Crippen MR) is 219 cm³/mol. The van der Waals surface area contributed by atoms with Crippen molar-refractivity contribution < 1.29 is 29.1 Å². The third-order valence-electron chi connectivity index (χ3n) is 10.5. The molecule has 0 saturated heterocycles. The first-order valence-corrected chi connectivity index (χ1v) is 21.3. The first-order chi connectivity index (χ1) is 27.5. The summed E-state index contributed by atoms with van der Waals surface area (Å²) in [4.78, 5) is 78.0. The maximum Gasteiger partial charge on any atom is 0.243 e. The van der Waals surface area contributed by atoms with Gasteiger partial charge >= 0.3 is 0 Å². The van der Waals surface area contributed by atoms with Crippen molar-refractivity contribution in [2.45, 2.75) is 120 Å². The van der Waals surface area contributed by atoms with Crippen LogP contribution in [0.2, 0.25) is 0 Å². The maximum atomic E-state index is 14.1. The summed E-state index contributed by atoms with van der Waals surface area (Å²) in [5, 5.41) is 23.2. The number of carbonyl (C=O) groups is 5. The zero-order chi connectivity index (χ0) is 40.6. The molecule has 1 saturated carbocycles. The Kier molecular flexibility index (Phi) is 16.9. The number of aliphatic hydroxyl groups is 1. The molecule has 0 spiro atoms. The van der Waals surface area contributed by atoms with Crippen LogP contribution in [0.15, 0.2) is 72.4 Å². The normalized spacial score (nSPS) is 16.6. The Labute approximate surface area is 339 Å². The van der Waals surface area contributed by atoms with Crippen LogP contribution in [-0.4, -0.2) is 92.2 Å². The van der Waals surface area contributed by atoms with Gasteiger partial charge < -0.3 is 35.8 Å². The summed E-state index contributed by atoms with van der Waals surface area (Å²) in [6.07, 6.45) is 14.3. The lowest BCUT2D eigenvalue weighted by Gasteiger charge is -2.32. The fourth-order valence-electron chi connectivity index (χ4n) is 7.51. The highest BCUT2D eigenvalue weighted by atomic mass is 32.2. The second-order valence-corrected chi connectivity index (χ2v) is 16.6. The number of nitrogens with zero attached hydrogens (tertiary/aromatic N) is 4. The highest BCUT2D eigenvalue weighted by molar-refractivity contribution is 8.00. The summed E-state index contributed by atoms with van der Waals surface area (Å²) in [5.41, 5.74) is 1.53. The van der Waals surface area contributed by atoms with Gasteiger partial charge in [-0.3, -0.25) is 29.0 Å². The van der Waals surface area contributed by atoms with E-state index in [0.717, 1.165) is 42.6 Å². The third-order valence-corrected chi connectivity index (χ3v) is 11.5. The molecule has 0 bridgehead atoms. The van der Waals surface area contributed by atoms with Crippen LogP contribution in [-0.2, 0) is 36.9 Å². The van der Waals surface area contributed by atoms with E-state index < -0.39 is 42.0 Å². The van der Waals surface area contributed by atoms with Crippen LogP contribution < -0.4 is 26.2 Å². The number of carbonyl (C=O) groups excluding carboxylic acids is 5. The molecule has 14 nitrogen and oxygen atoms in total. The van der Waals surface area contributed by atoms with Crippen LogP contribution in [0.5, 0.6) is 0 Å². The lowest BCUT2D eigenvalue weighted by atomic mass is 9.83. The lowest BCUT2D eigenvalue weighted by Crippen LogP contribution is -2.57. The number of rotatable bonds is 21. The Morgan fingerprint density at radius 1 is 0.912 bits per heavy atom. The number of fused-ring (bicyclic) bond motifs is 1. The summed E-state index contributed by atoms with van der Waals surface area (Å²) < 4.78 is 1.93. The van der Waals surface area contributed by atoms with Crippen LogP contribution in [0.4, 0.5) is 5.69 Å². The molecule has 5 rings (SSSR count). The van der Waals surface area contributed by atoms with Gasteiger partial charge in [0.05, 0.1) is 36.3 Å². The molecule has 57 heavy (non-hydrogen) atoms. The number of pyridine rings is 1. The second kappa shape index (κ2) is 22.3. The molecular weight excluding hydrogens is 745 g/mol. The summed E-state index contributed by atoms with van der Waals surface area (Å²) in [7, 11) is 0. The number of hydrogen-bond acceptors (Lipinski definition) is 9. The van der Waals surface area contributed by atoms with Crippen molar-refractivity contribution in [2.75, 3.05) is 23.7 Å². The number of aromatic nitrogens is 3. The molecule has 4 atom stereocenters. The summed E-state index contributed by atoms with van der Waals surface area (Å²) in [5.74, 6) is -1.22. The predicted octanol–water partition coefficient (Wildman–Crippen LogP) is 3.78. The van der Waals surface area contributed by atoms with Crippen molar-refractivity contribution in [1.29, 1.82) is 0 Å². The summed E-state index contributed by atoms with van der Waals surface area (Å²) in [6.45, 7) is 5.18. The minimum Gasteiger partial charge on any atom is -0.390 e. The Bertz CT molecular complexity index is 1750. The Balaban J connectivity index is 1.24. The molecule has 15 heteroatoms. The fourth-order valence-corrected chi connectivity index (χ4v) is 8.40. The molecule has 1 fully saturated rings. The van der Waals surface area contributed by atoms with Crippen LogP contribution in [0, 0.1) is 11.8 Å². The molecule has 308 valence electrons. The molecule has 5 amide bonds. The molecule has 0 unspecified atom stereocenters. The van der Waals surface area contributed by atoms with Crippen molar-refractivity contribution >= 4 is 47.0 Å². The average Bonchev–Trinajstić information content (AvgIpc) is 3.73. The topological polar surface area (TPSA) is 188 Å². The van der Waals surface area contributed by atoms with Crippen molar-refractivity contribution in [3.8, 4) is 0 Å². The Morgan fingerprint density at radius 3 is 2.42 bits per heavy atom. The van der Waals surface area contributed by atoms with Crippen molar-refractivity contribution in [1.82, 2.24) is 35.8 Å². The SMILES string of the molecule is CC(C)C[C@H](NC(=O)[C@H](Cc1ccccc1)NC(=O)CCN1C(=O)CSc2cnccc21)C(=O)N[C@@H](CC1CCCCC1)[C@@H](O)CC(=O)NCCCn1ccnc1. The van der Waals surface area contributed by atoms with E-state index >= 15 is 0 Å². The third kappa shape index (κ3) is 14.0. The number of hydrogen-bond donors (Lipinski definition) is 5. The minimum atomic E-state index is -1.13. The molecule has 3 aromatic rings. The lowest BCUT2D eigenvalue weighted by molar-refractivity contribution is -0.133. The van der Waals surface area contributed by atoms with Gasteiger partial charge in [0.15, 0.2) is 0 Å². The van der Waals surface area contributed by atoms with Gasteiger partial charge in [-0.15, -0.1) is 11.8 Å². The fraction of sp³-hybridized carbons (Fsp3) is 0.548. The molecule has 3 heterocycles. The van der Waals surface area contributed by atoms with Gasteiger partial charge in [-0.1, -0.05) is 76.3 Å². The molecule has 1 aliphatic heterocycles. The molecule has 2 aromatic heterocycles. The van der Waals surface area contributed by atoms with E-state index in [9.17, 15) is 29.1 Å². The number of imidazole rings is 1. The number of aryl methyl sites for hydroxylation is 1. The molecule has 1 aliphatic carbocycles. The Morgan fingerprint density at radius 2 is 1.68 bits per heavy atom. The molecule has 2 aliphatic rings. The maximum absolute atomic E-state index is 14.1. The van der Waals surface area contributed by atoms with Gasteiger partial charge in [-0.25, -0.2) is 4.98 Å². The van der Waals surface area contributed by atoms with Gasteiger partial charge in [0.1, 0.15) is 12.1 Å². The van der Waals surface area contributed by atoms with Gasteiger partial charge in [-0.05, 0) is 42.7 Å². The number of aliphatic hydroxyl groups excluding tert-OH is 1. The van der Waals surface area contributed by atoms with Crippen molar-refractivity contribution in [2.24, 2.45) is 11.8 Å². The van der Waals surface area contributed by atoms with Gasteiger partial charge in [0.2, 0.25) is 29.5 Å². The summed E-state index contributed by atoms with van der Waals surface area (Å²) >= 11 is 1.41. The number of anilines is 1. The number of benzene rings is 1. The first kappa shape index (κ1) is 43.4. The zero-order valence-corrected chi connectivity index (χ0v) is 33.9. The van der Waals surface area contributed by atoms with E-state index in [0.29, 0.717) is 44.0 Å². The molecule has 1 aromatic carbocycles. The van der Waals surface area contributed by atoms with Gasteiger partial charge in [0.25, 0.3) is 0 Å². The summed E-state index contributed by atoms with van der Waals surface area (Å²) in [6, 6.07) is 8.40. The van der Waals surface area contributed by atoms with E-state index in [1.165, 1.54) is 11.8 Å². The zero-order valence-electron chi connectivity index (χ0n) is 33.1. The van der Waals surface area contributed by atoms with E-state index in [2.05, 4.69) is 31.2 Å². The molecule has 0 radical (unpaired) electrons. The Hall–Kier alpha value is -4.76. The van der Waals surface area contributed by atoms with Crippen LogP contribution in [0.1, 0.15) is 83.6 Å². The standard InChI is InChI=1S/C42H58N8O6S/c1-29(2)22-33(41(55)47-32(23-30-10-5-3-6-11-30)36(51)25-39(53)45-16-9-19-49-21-18-44-28-49)48-42(56)34(24-31-12-7-4-8-13-31)46-38(52)15-20-50-35-14-17-43-26-37(35)57-27-40(50)54/h4,7-8,12-14,17-18,21,26,28-30,32-34,36,51H,3,5-6,9-11,15-16,19-20,22-25,27H2,1-2H3,(H,45,53)(H,46,52)(H,47,55)(H,48,56)/t32-,33-,34-,36-/m0/s1. The van der Waals surface area contributed by atoms with E-state index in [4.69, 9.17) is 0 Å². The highest BCUT2D eigenvalue weighted by Crippen LogP contribution is 2.34. The number of amides is 5. The molecule has 5 N–H and O–H groups in total. The highest BCUT2D eigenvalue weighted by Gasteiger charge is 2.33. The average molecular weight is 803 g/mol. The number of nitrogens with one attached hydrogen (secondary N) is 4. The van der Waals surface area contributed by atoms with Crippen LogP contribution in [0.3, 0.4) is 0 Å². The second-order valence-electron chi connectivity index (χ2n) is 15.6. The quantitative estimate of drug-likeness (QED) is 0.100. The van der Waals surface area contributed by atoms with E-state index in [-0.39, 0.29) is 49.3 Å². The first-order valence-electron chi connectivity index (χ1n) is 20.3. The minimum absolute atomic E-state index is 0.0244. The number of thioether (sulfide) groups is 1. The van der Waals surface area contributed by atoms with Crippen molar-refractivity contribution in [3.05, 3.63) is 73.1 Å². The smallest absolute Gasteiger partial charge is 0.243 e. The van der Waals surface area contributed by atoms with Gasteiger partial charge in [-0.2, -0.15) is 0 Å². The van der Waals surface area contributed by atoms with Crippen molar-refractivity contribution in [3.63, 3.8) is 0 Å². The van der Waals surface area contributed by atoms with E-state index in [1.54, 1.807) is 35.9 Å². The van der Waals surface area contributed by atoms with Crippen LogP contribution in [0.25, 0.3) is 0 Å². The van der Waals surface area contributed by atoms with E-state index in [1.807, 2.05) is 54.9 Å². The molecular formula is C42H58N8O6S. The van der Waals surface area contributed by atoms with Crippen LogP contribution >= 0.6 is 11.8 Å². The monoisotopic (exact) mass is 802 g/mol. The van der Waals surface area contributed by atoms with Gasteiger partial charge in [0, 0.05) is 62.2 Å².